The maximum atomic E-state index is 10.2. The molecule has 1 aromatic rings. The summed E-state index contributed by atoms with van der Waals surface area (Å²) in [5, 5.41) is 8.42. The molecule has 1 atom stereocenters. The van der Waals surface area contributed by atoms with Gasteiger partial charge in [0.25, 0.3) is 0 Å². The number of rotatable bonds is 4. The number of hydrogen-bond donors (Lipinski definition) is 2. The molecule has 0 spiro atoms. The smallest absolute Gasteiger partial charge is 0.303 e. The fourth-order valence-electron chi connectivity index (χ4n) is 0.949. The lowest BCUT2D eigenvalue weighted by Crippen LogP contribution is -2.11. The van der Waals surface area contributed by atoms with Crippen molar-refractivity contribution in [1.29, 1.82) is 0 Å². The van der Waals surface area contributed by atoms with E-state index in [2.05, 4.69) is 15.9 Å². The molecule has 13 heavy (non-hydrogen) atoms. The van der Waals surface area contributed by atoms with Crippen molar-refractivity contribution < 1.29 is 14.3 Å². The van der Waals surface area contributed by atoms with E-state index in [-0.39, 0.29) is 12.5 Å². The molecule has 0 aromatic carbocycles. The van der Waals surface area contributed by atoms with Gasteiger partial charge in [-0.05, 0) is 34.5 Å². The van der Waals surface area contributed by atoms with E-state index in [9.17, 15) is 4.79 Å². The van der Waals surface area contributed by atoms with E-state index < -0.39 is 5.97 Å². The highest BCUT2D eigenvalue weighted by Gasteiger charge is 2.11. The molecule has 1 rings (SSSR count). The van der Waals surface area contributed by atoms with E-state index >= 15 is 0 Å². The van der Waals surface area contributed by atoms with Gasteiger partial charge in [-0.2, -0.15) is 0 Å². The number of carboxylic acid groups (broad SMARTS) is 1. The van der Waals surface area contributed by atoms with Crippen LogP contribution in [0.2, 0.25) is 0 Å². The molecule has 72 valence electrons. The van der Waals surface area contributed by atoms with Crippen LogP contribution in [0.25, 0.3) is 0 Å². The van der Waals surface area contributed by atoms with Crippen LogP contribution >= 0.6 is 15.9 Å². The molecular formula is C8H10BrNO3. The quantitative estimate of drug-likeness (QED) is 0.853. The largest absolute Gasteiger partial charge is 0.481 e. The molecule has 1 heterocycles. The molecule has 0 radical (unpaired) electrons. The number of carbonyl (C=O) groups is 1. The Bertz CT molecular complexity index is 297. The van der Waals surface area contributed by atoms with Crippen LogP contribution in [-0.2, 0) is 4.79 Å². The second kappa shape index (κ2) is 4.43. The van der Waals surface area contributed by atoms with Crippen LogP contribution < -0.4 is 5.73 Å². The van der Waals surface area contributed by atoms with Crippen molar-refractivity contribution in [3.63, 3.8) is 0 Å². The molecule has 0 bridgehead atoms. The number of aliphatic carboxylic acids is 1. The van der Waals surface area contributed by atoms with Gasteiger partial charge in [-0.15, -0.1) is 0 Å². The van der Waals surface area contributed by atoms with Gasteiger partial charge in [-0.25, -0.2) is 0 Å². The number of furan rings is 1. The number of hydrogen-bond acceptors (Lipinski definition) is 3. The predicted octanol–water partition coefficient (Wildman–Crippen LogP) is 1.91. The molecule has 0 aliphatic carbocycles. The second-order valence-electron chi connectivity index (χ2n) is 2.68. The summed E-state index contributed by atoms with van der Waals surface area (Å²) >= 11 is 3.14. The van der Waals surface area contributed by atoms with Crippen LogP contribution in [0, 0.1) is 0 Å². The van der Waals surface area contributed by atoms with Crippen molar-refractivity contribution in [2.24, 2.45) is 5.73 Å². The molecule has 0 amide bonds. The average molecular weight is 248 g/mol. The van der Waals surface area contributed by atoms with Crippen molar-refractivity contribution in [2.45, 2.75) is 18.9 Å². The first-order chi connectivity index (χ1) is 6.09. The van der Waals surface area contributed by atoms with Gasteiger partial charge in [0.15, 0.2) is 4.67 Å². The molecule has 0 saturated heterocycles. The zero-order chi connectivity index (χ0) is 9.84. The molecule has 1 aromatic heterocycles. The highest BCUT2D eigenvalue weighted by Crippen LogP contribution is 2.21. The Morgan fingerprint density at radius 3 is 2.85 bits per heavy atom. The lowest BCUT2D eigenvalue weighted by molar-refractivity contribution is -0.137. The summed E-state index contributed by atoms with van der Waals surface area (Å²) in [5.74, 6) is -0.241. The van der Waals surface area contributed by atoms with Crippen molar-refractivity contribution in [1.82, 2.24) is 0 Å². The van der Waals surface area contributed by atoms with Gasteiger partial charge in [-0.1, -0.05) is 0 Å². The van der Waals surface area contributed by atoms with Gasteiger partial charge in [0.05, 0.1) is 6.04 Å². The van der Waals surface area contributed by atoms with E-state index in [1.165, 1.54) is 0 Å². The van der Waals surface area contributed by atoms with Crippen molar-refractivity contribution in [3.8, 4) is 0 Å². The summed E-state index contributed by atoms with van der Waals surface area (Å²) in [6.07, 6.45) is 0.439. The summed E-state index contributed by atoms with van der Waals surface area (Å²) in [6, 6.07) is 3.12. The maximum absolute atomic E-state index is 10.2. The zero-order valence-electron chi connectivity index (χ0n) is 6.87. The SMILES string of the molecule is NC(CCC(=O)O)c1ccc(Br)o1. The van der Waals surface area contributed by atoms with Gasteiger partial charge in [0.2, 0.25) is 0 Å². The van der Waals surface area contributed by atoms with Crippen LogP contribution in [0.1, 0.15) is 24.6 Å². The highest BCUT2D eigenvalue weighted by atomic mass is 79.9. The Balaban J connectivity index is 2.48. The Morgan fingerprint density at radius 1 is 1.69 bits per heavy atom. The van der Waals surface area contributed by atoms with Crippen molar-refractivity contribution in [3.05, 3.63) is 22.6 Å². The summed E-state index contributed by atoms with van der Waals surface area (Å²) < 4.78 is 5.78. The van der Waals surface area contributed by atoms with Gasteiger partial charge >= 0.3 is 5.97 Å². The Hall–Kier alpha value is -0.810. The van der Waals surface area contributed by atoms with Crippen molar-refractivity contribution >= 4 is 21.9 Å². The Morgan fingerprint density at radius 2 is 2.38 bits per heavy atom. The minimum atomic E-state index is -0.846. The minimum absolute atomic E-state index is 0.0550. The van der Waals surface area contributed by atoms with Crippen LogP contribution in [0.4, 0.5) is 0 Å². The molecular weight excluding hydrogens is 238 g/mol. The monoisotopic (exact) mass is 247 g/mol. The fourth-order valence-corrected chi connectivity index (χ4v) is 1.27. The van der Waals surface area contributed by atoms with Gasteiger partial charge < -0.3 is 15.3 Å². The van der Waals surface area contributed by atoms with Gasteiger partial charge in [-0.3, -0.25) is 4.79 Å². The molecule has 1 unspecified atom stereocenters. The summed E-state index contributed by atoms with van der Waals surface area (Å²) in [4.78, 5) is 10.2. The third-order valence-corrected chi connectivity index (χ3v) is 2.05. The van der Waals surface area contributed by atoms with Crippen LogP contribution in [-0.4, -0.2) is 11.1 Å². The molecule has 0 aliphatic rings. The normalized spacial score (nSPS) is 12.8. The third kappa shape index (κ3) is 3.20. The molecule has 3 N–H and O–H groups in total. The maximum Gasteiger partial charge on any atom is 0.303 e. The Labute approximate surface area is 83.8 Å². The van der Waals surface area contributed by atoms with E-state index in [0.29, 0.717) is 16.9 Å². The number of halogens is 1. The molecule has 5 heteroatoms. The number of nitrogens with two attached hydrogens (primary N) is 1. The number of carboxylic acids is 1. The summed E-state index contributed by atoms with van der Waals surface area (Å²) in [6.45, 7) is 0. The van der Waals surface area contributed by atoms with Gasteiger partial charge in [0.1, 0.15) is 5.76 Å². The molecule has 0 fully saturated rings. The predicted molar refractivity (Wildman–Crippen MR) is 50.2 cm³/mol. The van der Waals surface area contributed by atoms with E-state index in [1.54, 1.807) is 12.1 Å². The standard InChI is InChI=1S/C8H10BrNO3/c9-7-3-2-6(13-7)5(10)1-4-8(11)12/h2-3,5H,1,4,10H2,(H,11,12). The van der Waals surface area contributed by atoms with E-state index in [1.807, 2.05) is 0 Å². The topological polar surface area (TPSA) is 76.5 Å². The van der Waals surface area contributed by atoms with Gasteiger partial charge in [0, 0.05) is 6.42 Å². The second-order valence-corrected chi connectivity index (χ2v) is 3.46. The third-order valence-electron chi connectivity index (χ3n) is 1.63. The van der Waals surface area contributed by atoms with Crippen LogP contribution in [0.5, 0.6) is 0 Å². The fraction of sp³-hybridized carbons (Fsp3) is 0.375. The van der Waals surface area contributed by atoms with E-state index in [4.69, 9.17) is 15.3 Å². The average Bonchev–Trinajstić information content (AvgIpc) is 2.47. The first-order valence-electron chi connectivity index (χ1n) is 3.82. The molecule has 0 aliphatic heterocycles. The first kappa shape index (κ1) is 10.3. The minimum Gasteiger partial charge on any atom is -0.481 e. The zero-order valence-corrected chi connectivity index (χ0v) is 8.45. The van der Waals surface area contributed by atoms with E-state index in [0.717, 1.165) is 0 Å². The first-order valence-corrected chi connectivity index (χ1v) is 4.61. The summed E-state index contributed by atoms with van der Waals surface area (Å²) in [7, 11) is 0. The van der Waals surface area contributed by atoms with Crippen LogP contribution in [0.3, 0.4) is 0 Å². The summed E-state index contributed by atoms with van der Waals surface area (Å²) in [5.41, 5.74) is 5.68. The lowest BCUT2D eigenvalue weighted by Gasteiger charge is -2.05. The Kier molecular flexibility index (Phi) is 3.50. The lowest BCUT2D eigenvalue weighted by atomic mass is 10.1. The molecule has 0 saturated carbocycles. The van der Waals surface area contributed by atoms with Crippen LogP contribution in [0.15, 0.2) is 21.2 Å². The highest BCUT2D eigenvalue weighted by molar-refractivity contribution is 9.10. The molecule has 4 nitrogen and oxygen atoms in total. The van der Waals surface area contributed by atoms with Crippen molar-refractivity contribution in [2.75, 3.05) is 0 Å².